The van der Waals surface area contributed by atoms with E-state index in [9.17, 15) is 13.2 Å². The van der Waals surface area contributed by atoms with Crippen molar-refractivity contribution < 1.29 is 18.3 Å². The highest BCUT2D eigenvalue weighted by Crippen LogP contribution is 2.42. The molecule has 16 heavy (non-hydrogen) atoms. The number of benzene rings is 1. The van der Waals surface area contributed by atoms with Crippen molar-refractivity contribution >= 4 is 15.8 Å². The van der Waals surface area contributed by atoms with E-state index in [-0.39, 0.29) is 17.7 Å². The maximum Gasteiger partial charge on any atom is 0.325 e. The number of hydrogen-bond acceptors (Lipinski definition) is 3. The zero-order chi connectivity index (χ0) is 11.8. The highest BCUT2D eigenvalue weighted by molar-refractivity contribution is 7.93. The van der Waals surface area contributed by atoms with E-state index in [1.54, 1.807) is 18.2 Å². The molecule has 0 aliphatic heterocycles. The minimum atomic E-state index is -3.76. The van der Waals surface area contributed by atoms with Gasteiger partial charge in [-0.1, -0.05) is 18.2 Å². The molecule has 4 nitrogen and oxygen atoms in total. The third-order valence-electron chi connectivity index (χ3n) is 3.12. The van der Waals surface area contributed by atoms with Crippen molar-refractivity contribution in [1.82, 2.24) is 0 Å². The van der Waals surface area contributed by atoms with E-state index < -0.39 is 20.6 Å². The van der Waals surface area contributed by atoms with Gasteiger partial charge < -0.3 is 5.11 Å². The van der Waals surface area contributed by atoms with E-state index in [0.717, 1.165) is 0 Å². The lowest BCUT2D eigenvalue weighted by Gasteiger charge is -2.36. The number of hydrogen-bond donors (Lipinski definition) is 1. The standard InChI is InChI=1S/C11H12O4S/c12-10(13)11(7-4-8-11)16(14,15)9-5-2-1-3-6-9/h1-3,5-6H,4,7-8H2,(H,12,13). The Morgan fingerprint density at radius 1 is 1.19 bits per heavy atom. The number of rotatable bonds is 3. The SMILES string of the molecule is O=C(O)C1(S(=O)(=O)c2ccccc2)CCC1. The summed E-state index contributed by atoms with van der Waals surface area (Å²) in [6.45, 7) is 0. The lowest BCUT2D eigenvalue weighted by atomic mass is 9.84. The summed E-state index contributed by atoms with van der Waals surface area (Å²) in [7, 11) is -3.76. The third kappa shape index (κ3) is 1.35. The van der Waals surface area contributed by atoms with Crippen molar-refractivity contribution in [2.45, 2.75) is 28.9 Å². The van der Waals surface area contributed by atoms with Crippen molar-refractivity contribution in [3.63, 3.8) is 0 Å². The lowest BCUT2D eigenvalue weighted by Crippen LogP contribution is -2.51. The van der Waals surface area contributed by atoms with Gasteiger partial charge >= 0.3 is 5.97 Å². The van der Waals surface area contributed by atoms with Crippen molar-refractivity contribution in [1.29, 1.82) is 0 Å². The Kier molecular flexibility index (Phi) is 2.50. The molecule has 0 spiro atoms. The predicted octanol–water partition coefficient (Wildman–Crippen LogP) is 1.47. The Hall–Kier alpha value is -1.36. The molecule has 0 atom stereocenters. The number of carboxylic acid groups (broad SMARTS) is 1. The molecule has 1 aliphatic carbocycles. The van der Waals surface area contributed by atoms with Gasteiger partial charge in [0.1, 0.15) is 0 Å². The topological polar surface area (TPSA) is 71.4 Å². The average molecular weight is 240 g/mol. The summed E-state index contributed by atoms with van der Waals surface area (Å²) in [6.07, 6.45) is 1.07. The van der Waals surface area contributed by atoms with Crippen LogP contribution in [0.15, 0.2) is 35.2 Å². The summed E-state index contributed by atoms with van der Waals surface area (Å²) in [4.78, 5) is 11.2. The van der Waals surface area contributed by atoms with E-state index in [1.165, 1.54) is 12.1 Å². The van der Waals surface area contributed by atoms with Crippen LogP contribution >= 0.6 is 0 Å². The second kappa shape index (κ2) is 3.59. The lowest BCUT2D eigenvalue weighted by molar-refractivity contribution is -0.142. The van der Waals surface area contributed by atoms with Gasteiger partial charge in [-0.25, -0.2) is 8.42 Å². The first-order valence-corrected chi connectivity index (χ1v) is 6.52. The quantitative estimate of drug-likeness (QED) is 0.868. The van der Waals surface area contributed by atoms with Gasteiger partial charge in [0, 0.05) is 0 Å². The van der Waals surface area contributed by atoms with Gasteiger partial charge in [-0.05, 0) is 31.4 Å². The molecule has 0 saturated heterocycles. The molecule has 86 valence electrons. The van der Waals surface area contributed by atoms with E-state index >= 15 is 0 Å². The van der Waals surface area contributed by atoms with Crippen molar-refractivity contribution in [2.75, 3.05) is 0 Å². The first kappa shape index (κ1) is 11.1. The second-order valence-electron chi connectivity index (χ2n) is 3.97. The van der Waals surface area contributed by atoms with E-state index in [1.807, 2.05) is 0 Å². The van der Waals surface area contributed by atoms with Gasteiger partial charge in [0.2, 0.25) is 0 Å². The maximum atomic E-state index is 12.2. The number of aliphatic carboxylic acids is 1. The highest BCUT2D eigenvalue weighted by Gasteiger charge is 2.55. The molecule has 0 bridgehead atoms. The van der Waals surface area contributed by atoms with E-state index in [2.05, 4.69) is 0 Å². The van der Waals surface area contributed by atoms with Gasteiger partial charge in [0.25, 0.3) is 0 Å². The Morgan fingerprint density at radius 3 is 2.12 bits per heavy atom. The fraction of sp³-hybridized carbons (Fsp3) is 0.364. The van der Waals surface area contributed by atoms with Crippen LogP contribution in [0.2, 0.25) is 0 Å². The molecule has 0 amide bonds. The van der Waals surface area contributed by atoms with E-state index in [4.69, 9.17) is 5.11 Å². The van der Waals surface area contributed by atoms with Crippen LogP contribution in [0, 0.1) is 0 Å². The summed E-state index contributed by atoms with van der Waals surface area (Å²) >= 11 is 0. The van der Waals surface area contributed by atoms with Crippen molar-refractivity contribution in [3.05, 3.63) is 30.3 Å². The molecule has 0 unspecified atom stereocenters. The fourth-order valence-corrected chi connectivity index (χ4v) is 3.94. The summed E-state index contributed by atoms with van der Waals surface area (Å²) in [5.41, 5.74) is 0. The Bertz CT molecular complexity index is 500. The first-order chi connectivity index (χ1) is 7.51. The third-order valence-corrected chi connectivity index (χ3v) is 5.62. The van der Waals surface area contributed by atoms with Crippen LogP contribution < -0.4 is 0 Å². The Balaban J connectivity index is 2.51. The first-order valence-electron chi connectivity index (χ1n) is 5.04. The van der Waals surface area contributed by atoms with Crippen LogP contribution in [0.1, 0.15) is 19.3 Å². The number of carbonyl (C=O) groups is 1. The van der Waals surface area contributed by atoms with Crippen LogP contribution in [-0.2, 0) is 14.6 Å². The molecule has 0 aromatic heterocycles. The monoisotopic (exact) mass is 240 g/mol. The predicted molar refractivity (Wildman–Crippen MR) is 57.8 cm³/mol. The fourth-order valence-electron chi connectivity index (χ4n) is 1.92. The van der Waals surface area contributed by atoms with Crippen molar-refractivity contribution in [2.24, 2.45) is 0 Å². The molecular weight excluding hydrogens is 228 g/mol. The molecule has 1 saturated carbocycles. The highest BCUT2D eigenvalue weighted by atomic mass is 32.2. The molecule has 1 aliphatic rings. The average Bonchev–Trinajstić information content (AvgIpc) is 2.16. The molecule has 1 aromatic rings. The molecule has 1 fully saturated rings. The molecule has 5 heteroatoms. The van der Waals surface area contributed by atoms with Crippen LogP contribution in [-0.4, -0.2) is 24.2 Å². The number of sulfone groups is 1. The largest absolute Gasteiger partial charge is 0.480 e. The Labute approximate surface area is 93.8 Å². The molecule has 0 radical (unpaired) electrons. The van der Waals surface area contributed by atoms with Gasteiger partial charge in [-0.15, -0.1) is 0 Å². The van der Waals surface area contributed by atoms with Crippen molar-refractivity contribution in [3.8, 4) is 0 Å². The zero-order valence-electron chi connectivity index (χ0n) is 8.59. The molecule has 1 aromatic carbocycles. The van der Waals surface area contributed by atoms with E-state index in [0.29, 0.717) is 6.42 Å². The van der Waals surface area contributed by atoms with Crippen LogP contribution in [0.5, 0.6) is 0 Å². The van der Waals surface area contributed by atoms with Gasteiger partial charge in [-0.2, -0.15) is 0 Å². The van der Waals surface area contributed by atoms with Crippen LogP contribution in [0.4, 0.5) is 0 Å². The molecule has 0 heterocycles. The van der Waals surface area contributed by atoms with Gasteiger partial charge in [0.05, 0.1) is 4.90 Å². The molecular formula is C11H12O4S. The van der Waals surface area contributed by atoms with Gasteiger partial charge in [0.15, 0.2) is 14.6 Å². The number of carboxylic acids is 1. The minimum absolute atomic E-state index is 0.0945. The summed E-state index contributed by atoms with van der Waals surface area (Å²) in [6, 6.07) is 7.78. The minimum Gasteiger partial charge on any atom is -0.480 e. The summed E-state index contributed by atoms with van der Waals surface area (Å²) < 4.78 is 22.8. The van der Waals surface area contributed by atoms with Crippen LogP contribution in [0.3, 0.4) is 0 Å². The molecule has 1 N–H and O–H groups in total. The van der Waals surface area contributed by atoms with Crippen LogP contribution in [0.25, 0.3) is 0 Å². The zero-order valence-corrected chi connectivity index (χ0v) is 9.40. The normalized spacial score (nSPS) is 18.8. The Morgan fingerprint density at radius 2 is 1.75 bits per heavy atom. The summed E-state index contributed by atoms with van der Waals surface area (Å²) in [5, 5.41) is 9.10. The second-order valence-corrected chi connectivity index (χ2v) is 6.23. The smallest absolute Gasteiger partial charge is 0.325 e. The summed E-state index contributed by atoms with van der Waals surface area (Å²) in [5.74, 6) is -1.23. The van der Waals surface area contributed by atoms with Gasteiger partial charge in [-0.3, -0.25) is 4.79 Å². The molecule has 2 rings (SSSR count). The maximum absolute atomic E-state index is 12.2.